The minimum atomic E-state index is -0.116. The zero-order valence-corrected chi connectivity index (χ0v) is 19.7. The zero-order chi connectivity index (χ0) is 23.2. The number of thiocarbonyl (C=S) groups is 1. The number of anilines is 1. The fourth-order valence-electron chi connectivity index (χ4n) is 4.14. The molecule has 0 aliphatic carbocycles. The standard InChI is InChI=1S/C25H29N5O2S/c1-18-8-10-19(11-9-18)27-22(31)12-15-30-24(21-7-5-14-29(21)16-17-32-2)23(28-25(30)33)20-6-3-4-13-26-20/h3-11,13-14,23-24H,12,15-17H2,1-2H3,(H,27,31)(H,28,33)/t23-,24+/m0/s1. The molecule has 0 unspecified atom stereocenters. The van der Waals surface area contributed by atoms with E-state index < -0.39 is 0 Å². The first-order valence-electron chi connectivity index (χ1n) is 11.1. The molecular weight excluding hydrogens is 434 g/mol. The lowest BCUT2D eigenvalue weighted by atomic mass is 10.0. The van der Waals surface area contributed by atoms with Crippen molar-refractivity contribution in [3.05, 3.63) is 83.9 Å². The summed E-state index contributed by atoms with van der Waals surface area (Å²) in [4.78, 5) is 19.4. The molecular formula is C25H29N5O2S. The van der Waals surface area contributed by atoms with Gasteiger partial charge >= 0.3 is 0 Å². The molecule has 1 aromatic carbocycles. The van der Waals surface area contributed by atoms with Crippen LogP contribution in [0.3, 0.4) is 0 Å². The Morgan fingerprint density at radius 3 is 2.70 bits per heavy atom. The molecule has 0 bridgehead atoms. The summed E-state index contributed by atoms with van der Waals surface area (Å²) in [6, 6.07) is 17.6. The largest absolute Gasteiger partial charge is 0.383 e. The Morgan fingerprint density at radius 2 is 1.97 bits per heavy atom. The van der Waals surface area contributed by atoms with E-state index in [4.69, 9.17) is 17.0 Å². The van der Waals surface area contributed by atoms with Crippen LogP contribution in [0.25, 0.3) is 0 Å². The quantitative estimate of drug-likeness (QED) is 0.470. The van der Waals surface area contributed by atoms with Crippen molar-refractivity contribution in [1.29, 1.82) is 0 Å². The van der Waals surface area contributed by atoms with Crippen molar-refractivity contribution in [2.45, 2.75) is 32.0 Å². The van der Waals surface area contributed by atoms with Gasteiger partial charge in [-0.15, -0.1) is 0 Å². The van der Waals surface area contributed by atoms with Crippen LogP contribution in [0, 0.1) is 6.92 Å². The number of aromatic nitrogens is 2. The molecule has 3 aromatic rings. The fraction of sp³-hybridized carbons (Fsp3) is 0.320. The average molecular weight is 464 g/mol. The topological polar surface area (TPSA) is 71.4 Å². The van der Waals surface area contributed by atoms with Crippen molar-refractivity contribution < 1.29 is 9.53 Å². The molecule has 4 rings (SSSR count). The molecule has 172 valence electrons. The second-order valence-electron chi connectivity index (χ2n) is 8.10. The second kappa shape index (κ2) is 10.6. The molecule has 0 radical (unpaired) electrons. The number of carbonyl (C=O) groups is 1. The summed E-state index contributed by atoms with van der Waals surface area (Å²) in [7, 11) is 1.70. The van der Waals surface area contributed by atoms with Gasteiger partial charge in [-0.2, -0.15) is 0 Å². The van der Waals surface area contributed by atoms with Gasteiger partial charge in [-0.05, 0) is 55.5 Å². The molecule has 3 heterocycles. The highest BCUT2D eigenvalue weighted by molar-refractivity contribution is 7.80. The Kier molecular flexibility index (Phi) is 7.36. The lowest BCUT2D eigenvalue weighted by Crippen LogP contribution is -2.33. The number of methoxy groups -OCH3 is 1. The van der Waals surface area contributed by atoms with Crippen LogP contribution < -0.4 is 10.6 Å². The van der Waals surface area contributed by atoms with Crippen molar-refractivity contribution in [3.63, 3.8) is 0 Å². The van der Waals surface area contributed by atoms with Gasteiger partial charge in [0, 0.05) is 50.4 Å². The number of amides is 1. The predicted octanol–water partition coefficient (Wildman–Crippen LogP) is 3.84. The molecule has 2 atom stereocenters. The van der Waals surface area contributed by atoms with Gasteiger partial charge in [0.25, 0.3) is 0 Å². The average Bonchev–Trinajstić information content (AvgIpc) is 3.42. The number of benzene rings is 1. The van der Waals surface area contributed by atoms with Crippen molar-refractivity contribution in [2.24, 2.45) is 0 Å². The third-order valence-electron chi connectivity index (χ3n) is 5.82. The zero-order valence-electron chi connectivity index (χ0n) is 18.9. The van der Waals surface area contributed by atoms with Gasteiger partial charge in [0.15, 0.2) is 5.11 Å². The molecule has 1 amide bonds. The molecule has 8 heteroatoms. The van der Waals surface area contributed by atoms with E-state index in [-0.39, 0.29) is 18.0 Å². The monoisotopic (exact) mass is 463 g/mol. The van der Waals surface area contributed by atoms with Crippen LogP contribution in [0.4, 0.5) is 5.69 Å². The van der Waals surface area contributed by atoms with Crippen LogP contribution in [0.2, 0.25) is 0 Å². The maximum Gasteiger partial charge on any atom is 0.226 e. The van der Waals surface area contributed by atoms with Gasteiger partial charge in [0.05, 0.1) is 24.4 Å². The first-order valence-corrected chi connectivity index (χ1v) is 11.5. The van der Waals surface area contributed by atoms with E-state index in [1.165, 1.54) is 0 Å². The molecule has 1 aliphatic rings. The van der Waals surface area contributed by atoms with Crippen molar-refractivity contribution >= 4 is 28.9 Å². The number of ether oxygens (including phenoxy) is 1. The molecule has 0 saturated carbocycles. The smallest absolute Gasteiger partial charge is 0.226 e. The predicted molar refractivity (Wildman–Crippen MR) is 133 cm³/mol. The lowest BCUT2D eigenvalue weighted by Gasteiger charge is -2.28. The summed E-state index contributed by atoms with van der Waals surface area (Å²) in [5.74, 6) is -0.0449. The SMILES string of the molecule is COCCn1cccc1[C@@H]1[C@H](c2ccccn2)NC(=S)N1CCC(=O)Nc1ccc(C)cc1. The lowest BCUT2D eigenvalue weighted by molar-refractivity contribution is -0.116. The Labute approximate surface area is 199 Å². The van der Waals surface area contributed by atoms with E-state index in [9.17, 15) is 4.79 Å². The van der Waals surface area contributed by atoms with Gasteiger partial charge in [-0.3, -0.25) is 9.78 Å². The van der Waals surface area contributed by atoms with Crippen LogP contribution in [0.15, 0.2) is 67.0 Å². The Morgan fingerprint density at radius 1 is 1.15 bits per heavy atom. The number of hydrogen-bond acceptors (Lipinski definition) is 4. The molecule has 2 N–H and O–H groups in total. The Hall–Kier alpha value is -3.23. The van der Waals surface area contributed by atoms with E-state index in [1.807, 2.05) is 61.7 Å². The maximum absolute atomic E-state index is 12.7. The van der Waals surface area contributed by atoms with Crippen LogP contribution in [-0.2, 0) is 16.1 Å². The summed E-state index contributed by atoms with van der Waals surface area (Å²) >= 11 is 5.72. The van der Waals surface area contributed by atoms with Crippen molar-refractivity contribution in [1.82, 2.24) is 19.8 Å². The molecule has 0 spiro atoms. The van der Waals surface area contributed by atoms with Gasteiger partial charge in [-0.1, -0.05) is 23.8 Å². The first-order chi connectivity index (χ1) is 16.1. The summed E-state index contributed by atoms with van der Waals surface area (Å²) in [6.07, 6.45) is 4.16. The molecule has 1 aliphatic heterocycles. The fourth-order valence-corrected chi connectivity index (χ4v) is 4.47. The van der Waals surface area contributed by atoms with E-state index in [0.717, 1.165) is 29.2 Å². The Bertz CT molecular complexity index is 1080. The highest BCUT2D eigenvalue weighted by Gasteiger charge is 2.41. The van der Waals surface area contributed by atoms with Gasteiger partial charge in [0.1, 0.15) is 0 Å². The number of pyridine rings is 1. The van der Waals surface area contributed by atoms with Crippen LogP contribution in [-0.4, -0.2) is 45.7 Å². The summed E-state index contributed by atoms with van der Waals surface area (Å²) in [5.41, 5.74) is 3.97. The van der Waals surface area contributed by atoms with Crippen molar-refractivity contribution in [2.75, 3.05) is 25.6 Å². The second-order valence-corrected chi connectivity index (χ2v) is 8.49. The van der Waals surface area contributed by atoms with Crippen molar-refractivity contribution in [3.8, 4) is 0 Å². The van der Waals surface area contributed by atoms with Crippen LogP contribution >= 0.6 is 12.2 Å². The highest BCUT2D eigenvalue weighted by Crippen LogP contribution is 2.38. The molecule has 1 saturated heterocycles. The van der Waals surface area contributed by atoms with E-state index in [1.54, 1.807) is 13.3 Å². The summed E-state index contributed by atoms with van der Waals surface area (Å²) < 4.78 is 7.47. The number of aryl methyl sites for hydroxylation is 1. The van der Waals surface area contributed by atoms with Crippen LogP contribution in [0.5, 0.6) is 0 Å². The maximum atomic E-state index is 12.7. The number of nitrogens with zero attached hydrogens (tertiary/aromatic N) is 3. The van der Waals surface area contributed by atoms with Crippen LogP contribution in [0.1, 0.15) is 35.5 Å². The minimum Gasteiger partial charge on any atom is -0.383 e. The molecule has 33 heavy (non-hydrogen) atoms. The minimum absolute atomic E-state index is 0.0449. The molecule has 7 nitrogen and oxygen atoms in total. The van der Waals surface area contributed by atoms with Gasteiger partial charge in [-0.25, -0.2) is 0 Å². The molecule has 1 fully saturated rings. The third-order valence-corrected chi connectivity index (χ3v) is 6.17. The molecule has 2 aromatic heterocycles. The highest BCUT2D eigenvalue weighted by atomic mass is 32.1. The summed E-state index contributed by atoms with van der Waals surface area (Å²) in [5, 5.41) is 7.04. The number of rotatable bonds is 9. The Balaban J connectivity index is 1.54. The first kappa shape index (κ1) is 22.9. The summed E-state index contributed by atoms with van der Waals surface area (Å²) in [6.45, 7) is 3.86. The number of hydrogen-bond donors (Lipinski definition) is 2. The third kappa shape index (κ3) is 5.40. The number of nitrogens with one attached hydrogen (secondary N) is 2. The van der Waals surface area contributed by atoms with Gasteiger partial charge < -0.3 is 24.8 Å². The van der Waals surface area contributed by atoms with E-state index in [2.05, 4.69) is 31.2 Å². The van der Waals surface area contributed by atoms with E-state index >= 15 is 0 Å². The normalized spacial score (nSPS) is 17.8. The van der Waals surface area contributed by atoms with E-state index in [0.29, 0.717) is 24.7 Å². The number of carbonyl (C=O) groups excluding carboxylic acids is 1. The van der Waals surface area contributed by atoms with Gasteiger partial charge in [0.2, 0.25) is 5.91 Å².